The van der Waals surface area contributed by atoms with Crippen LogP contribution in [0.4, 0.5) is 18.9 Å². The van der Waals surface area contributed by atoms with Crippen molar-refractivity contribution in [1.82, 2.24) is 4.90 Å². The van der Waals surface area contributed by atoms with Crippen molar-refractivity contribution in [2.75, 3.05) is 18.4 Å². The molecule has 0 spiro atoms. The molecule has 1 heterocycles. The second kappa shape index (κ2) is 7.90. The number of hydrogen-bond donors (Lipinski definition) is 1. The van der Waals surface area contributed by atoms with Crippen LogP contribution in [0, 0.1) is 6.92 Å². The predicted molar refractivity (Wildman–Crippen MR) is 99.8 cm³/mol. The molecule has 0 aromatic heterocycles. The van der Waals surface area contributed by atoms with E-state index in [-0.39, 0.29) is 23.3 Å². The van der Waals surface area contributed by atoms with Crippen LogP contribution in [0.25, 0.3) is 0 Å². The van der Waals surface area contributed by atoms with Crippen molar-refractivity contribution in [3.63, 3.8) is 0 Å². The summed E-state index contributed by atoms with van der Waals surface area (Å²) in [6.45, 7) is 2.76. The van der Waals surface area contributed by atoms with E-state index < -0.39 is 17.6 Å². The van der Waals surface area contributed by atoms with Crippen LogP contribution in [0.1, 0.15) is 35.6 Å². The Labute approximate surface area is 161 Å². The Hall–Kier alpha value is -2.05. The van der Waals surface area contributed by atoms with Crippen LogP contribution in [-0.4, -0.2) is 23.9 Å². The number of alkyl halides is 3. The number of hydrogen-bond acceptors (Lipinski definition) is 2. The Balaban J connectivity index is 1.76. The third kappa shape index (κ3) is 4.45. The number of rotatable bonds is 4. The van der Waals surface area contributed by atoms with Gasteiger partial charge in [0.15, 0.2) is 0 Å². The number of amides is 1. The molecule has 0 saturated carbocycles. The Morgan fingerprint density at radius 3 is 2.67 bits per heavy atom. The maximum Gasteiger partial charge on any atom is 0.418 e. The fourth-order valence-electron chi connectivity index (χ4n) is 3.58. The Kier molecular flexibility index (Phi) is 5.77. The van der Waals surface area contributed by atoms with Gasteiger partial charge >= 0.3 is 6.18 Å². The normalized spacial score (nSPS) is 17.9. The first-order valence-electron chi connectivity index (χ1n) is 8.72. The molecule has 0 bridgehead atoms. The second-order valence-electron chi connectivity index (χ2n) is 6.69. The smallest absolute Gasteiger partial charge is 0.323 e. The van der Waals surface area contributed by atoms with Gasteiger partial charge in [-0.25, -0.2) is 0 Å². The zero-order chi connectivity index (χ0) is 19.6. The third-order valence-corrected chi connectivity index (χ3v) is 5.16. The first-order chi connectivity index (χ1) is 12.8. The highest BCUT2D eigenvalue weighted by molar-refractivity contribution is 6.34. The molecule has 27 heavy (non-hydrogen) atoms. The van der Waals surface area contributed by atoms with Gasteiger partial charge in [0.2, 0.25) is 5.91 Å². The molecule has 1 aliphatic heterocycles. The van der Waals surface area contributed by atoms with Gasteiger partial charge in [-0.3, -0.25) is 9.69 Å². The summed E-state index contributed by atoms with van der Waals surface area (Å²) >= 11 is 5.91. The van der Waals surface area contributed by atoms with Gasteiger partial charge in [-0.1, -0.05) is 41.9 Å². The zero-order valence-corrected chi connectivity index (χ0v) is 15.6. The fraction of sp³-hybridized carbons (Fsp3) is 0.350. The monoisotopic (exact) mass is 396 g/mol. The lowest BCUT2D eigenvalue weighted by Crippen LogP contribution is -2.33. The van der Waals surface area contributed by atoms with Crippen molar-refractivity contribution in [2.45, 2.75) is 32.0 Å². The number of carbonyl (C=O) groups is 1. The number of anilines is 1. The molecule has 1 fully saturated rings. The average Bonchev–Trinajstić information content (AvgIpc) is 3.04. The third-order valence-electron chi connectivity index (χ3n) is 4.84. The molecule has 1 aliphatic rings. The lowest BCUT2D eigenvalue weighted by molar-refractivity contribution is -0.137. The van der Waals surface area contributed by atoms with E-state index in [1.165, 1.54) is 12.1 Å². The summed E-state index contributed by atoms with van der Waals surface area (Å²) < 4.78 is 39.6. The summed E-state index contributed by atoms with van der Waals surface area (Å²) in [4.78, 5) is 14.5. The largest absolute Gasteiger partial charge is 0.418 e. The summed E-state index contributed by atoms with van der Waals surface area (Å²) in [5, 5.41) is 2.24. The summed E-state index contributed by atoms with van der Waals surface area (Å²) in [5.41, 5.74) is 0.959. The number of para-hydroxylation sites is 1. The zero-order valence-electron chi connectivity index (χ0n) is 14.8. The van der Waals surface area contributed by atoms with Crippen LogP contribution in [0.2, 0.25) is 5.02 Å². The molecule has 3 rings (SSSR count). The SMILES string of the molecule is Cc1ccccc1C1CCCN1CC(=O)Nc1c(Cl)cccc1C(F)(F)F. The predicted octanol–water partition coefficient (Wildman–Crippen LogP) is 5.44. The van der Waals surface area contributed by atoms with Crippen molar-refractivity contribution in [1.29, 1.82) is 0 Å². The van der Waals surface area contributed by atoms with Gasteiger partial charge in [-0.15, -0.1) is 0 Å². The van der Waals surface area contributed by atoms with Crippen LogP contribution in [0.3, 0.4) is 0 Å². The van der Waals surface area contributed by atoms with Crippen molar-refractivity contribution in [3.05, 3.63) is 64.2 Å². The molecule has 1 unspecified atom stereocenters. The standard InChI is InChI=1S/C20H20ClF3N2O/c1-13-6-2-3-7-14(13)17-10-5-11-26(17)12-18(27)25-19-15(20(22,23)24)8-4-9-16(19)21/h2-4,6-9,17H,5,10-12H2,1H3,(H,25,27). The van der Waals surface area contributed by atoms with Gasteiger partial charge in [0, 0.05) is 6.04 Å². The molecule has 7 heteroatoms. The van der Waals surface area contributed by atoms with Gasteiger partial charge in [-0.05, 0) is 49.6 Å². The van der Waals surface area contributed by atoms with E-state index >= 15 is 0 Å². The number of nitrogens with zero attached hydrogens (tertiary/aromatic N) is 1. The molecule has 0 radical (unpaired) electrons. The van der Waals surface area contributed by atoms with Gasteiger partial charge in [0.05, 0.1) is 22.8 Å². The Morgan fingerprint density at radius 2 is 1.96 bits per heavy atom. The number of carbonyl (C=O) groups excluding carboxylic acids is 1. The van der Waals surface area contributed by atoms with E-state index in [1.807, 2.05) is 36.1 Å². The molecule has 2 aromatic rings. The van der Waals surface area contributed by atoms with E-state index in [0.717, 1.165) is 36.6 Å². The number of aryl methyl sites for hydroxylation is 1. The van der Waals surface area contributed by atoms with E-state index in [1.54, 1.807) is 0 Å². The van der Waals surface area contributed by atoms with E-state index in [0.29, 0.717) is 0 Å². The van der Waals surface area contributed by atoms with Crippen LogP contribution < -0.4 is 5.32 Å². The highest BCUT2D eigenvalue weighted by Gasteiger charge is 2.35. The van der Waals surface area contributed by atoms with Crippen molar-refractivity contribution >= 4 is 23.2 Å². The molecule has 1 saturated heterocycles. The highest BCUT2D eigenvalue weighted by atomic mass is 35.5. The molecule has 1 atom stereocenters. The van der Waals surface area contributed by atoms with Crippen molar-refractivity contribution in [2.24, 2.45) is 0 Å². The van der Waals surface area contributed by atoms with Gasteiger partial charge in [-0.2, -0.15) is 13.2 Å². The van der Waals surface area contributed by atoms with Gasteiger partial charge in [0.25, 0.3) is 0 Å². The average molecular weight is 397 g/mol. The van der Waals surface area contributed by atoms with Crippen LogP contribution in [0.15, 0.2) is 42.5 Å². The molecule has 2 aromatic carbocycles. The quantitative estimate of drug-likeness (QED) is 0.746. The molecule has 3 nitrogen and oxygen atoms in total. The minimum atomic E-state index is -4.59. The Morgan fingerprint density at radius 1 is 1.22 bits per heavy atom. The topological polar surface area (TPSA) is 32.3 Å². The Bertz CT molecular complexity index is 838. The summed E-state index contributed by atoms with van der Waals surface area (Å²) in [7, 11) is 0. The molecule has 1 N–H and O–H groups in total. The number of likely N-dealkylation sites (tertiary alicyclic amines) is 1. The van der Waals surface area contributed by atoms with E-state index in [4.69, 9.17) is 11.6 Å². The van der Waals surface area contributed by atoms with Crippen LogP contribution >= 0.6 is 11.6 Å². The number of nitrogens with one attached hydrogen (secondary N) is 1. The maximum absolute atomic E-state index is 13.2. The van der Waals surface area contributed by atoms with Gasteiger partial charge in [0.1, 0.15) is 0 Å². The van der Waals surface area contributed by atoms with Crippen molar-refractivity contribution < 1.29 is 18.0 Å². The van der Waals surface area contributed by atoms with E-state index in [9.17, 15) is 18.0 Å². The molecule has 0 aliphatic carbocycles. The fourth-order valence-corrected chi connectivity index (χ4v) is 3.80. The first kappa shape index (κ1) is 19.7. The first-order valence-corrected chi connectivity index (χ1v) is 9.10. The molecule has 1 amide bonds. The molecule has 144 valence electrons. The minimum Gasteiger partial charge on any atom is -0.323 e. The molecular formula is C20H20ClF3N2O. The lowest BCUT2D eigenvalue weighted by atomic mass is 9.99. The lowest BCUT2D eigenvalue weighted by Gasteiger charge is -2.26. The van der Waals surface area contributed by atoms with Gasteiger partial charge < -0.3 is 5.32 Å². The van der Waals surface area contributed by atoms with Crippen LogP contribution in [0.5, 0.6) is 0 Å². The summed E-state index contributed by atoms with van der Waals surface area (Å²) in [6, 6.07) is 11.5. The summed E-state index contributed by atoms with van der Waals surface area (Å²) in [5.74, 6) is -0.505. The molecular weight excluding hydrogens is 377 g/mol. The number of halogens is 4. The second-order valence-corrected chi connectivity index (χ2v) is 7.10. The van der Waals surface area contributed by atoms with Crippen LogP contribution in [-0.2, 0) is 11.0 Å². The van der Waals surface area contributed by atoms with Crippen molar-refractivity contribution in [3.8, 4) is 0 Å². The highest BCUT2D eigenvalue weighted by Crippen LogP contribution is 2.39. The van der Waals surface area contributed by atoms with E-state index in [2.05, 4.69) is 5.32 Å². The maximum atomic E-state index is 13.2. The minimum absolute atomic E-state index is 0.0154. The number of benzene rings is 2. The summed E-state index contributed by atoms with van der Waals surface area (Å²) in [6.07, 6.45) is -2.74.